The van der Waals surface area contributed by atoms with Gasteiger partial charge >= 0.3 is 9.05 Å². The quantitative estimate of drug-likeness (QED) is 0.464. The zero-order valence-electron chi connectivity index (χ0n) is 11.0. The van der Waals surface area contributed by atoms with Crippen LogP contribution in [0.3, 0.4) is 0 Å². The van der Waals surface area contributed by atoms with E-state index in [-0.39, 0.29) is 6.10 Å². The van der Waals surface area contributed by atoms with E-state index in [0.29, 0.717) is 19.8 Å². The van der Waals surface area contributed by atoms with Gasteiger partial charge in [0.05, 0.1) is 6.10 Å². The van der Waals surface area contributed by atoms with Gasteiger partial charge in [-0.25, -0.2) is 0 Å². The molecule has 1 unspecified atom stereocenters. The SMILES string of the molecule is CC=CC(C)O[Si](OCC)(OCC)OCC. The number of hydrogen-bond donors (Lipinski definition) is 0. The molecule has 0 aliphatic carbocycles. The molecule has 0 N–H and O–H groups in total. The molecule has 5 heteroatoms. The average Bonchev–Trinajstić information content (AvgIpc) is 2.18. The van der Waals surface area contributed by atoms with E-state index in [1.165, 1.54) is 0 Å². The Morgan fingerprint density at radius 2 is 1.44 bits per heavy atom. The van der Waals surface area contributed by atoms with Crippen LogP contribution in [0.2, 0.25) is 0 Å². The molecule has 0 saturated carbocycles. The van der Waals surface area contributed by atoms with E-state index < -0.39 is 9.05 Å². The van der Waals surface area contributed by atoms with Crippen LogP contribution < -0.4 is 0 Å². The van der Waals surface area contributed by atoms with Crippen LogP contribution in [0.5, 0.6) is 0 Å². The lowest BCUT2D eigenvalue weighted by molar-refractivity contribution is -0.0374. The summed E-state index contributed by atoms with van der Waals surface area (Å²) < 4.78 is 22.5. The summed E-state index contributed by atoms with van der Waals surface area (Å²) in [5.74, 6) is 0. The first-order valence-electron chi connectivity index (χ1n) is 5.86. The van der Waals surface area contributed by atoms with Crippen LogP contribution >= 0.6 is 0 Å². The van der Waals surface area contributed by atoms with Crippen molar-refractivity contribution in [2.45, 2.75) is 40.7 Å². The van der Waals surface area contributed by atoms with Gasteiger partial charge in [-0.2, -0.15) is 0 Å². The van der Waals surface area contributed by atoms with E-state index in [0.717, 1.165) is 0 Å². The van der Waals surface area contributed by atoms with Crippen molar-refractivity contribution in [2.24, 2.45) is 0 Å². The molecule has 0 aromatic rings. The summed E-state index contributed by atoms with van der Waals surface area (Å²) in [4.78, 5) is 0. The van der Waals surface area contributed by atoms with E-state index in [9.17, 15) is 0 Å². The highest BCUT2D eigenvalue weighted by atomic mass is 28.4. The zero-order chi connectivity index (χ0) is 12.4. The lowest BCUT2D eigenvalue weighted by Gasteiger charge is -2.28. The van der Waals surface area contributed by atoms with E-state index in [2.05, 4.69) is 0 Å². The molecular formula is C11H24O4Si. The van der Waals surface area contributed by atoms with E-state index in [4.69, 9.17) is 17.7 Å². The Labute approximate surface area is 100 Å². The summed E-state index contributed by atoms with van der Waals surface area (Å²) in [5, 5.41) is 0. The molecule has 0 bridgehead atoms. The van der Waals surface area contributed by atoms with E-state index in [1.54, 1.807) is 0 Å². The monoisotopic (exact) mass is 248 g/mol. The van der Waals surface area contributed by atoms with Crippen LogP contribution in [0.15, 0.2) is 12.2 Å². The molecule has 96 valence electrons. The first-order chi connectivity index (χ1) is 7.64. The number of allylic oxidation sites excluding steroid dienone is 1. The second-order valence-corrected chi connectivity index (χ2v) is 5.25. The van der Waals surface area contributed by atoms with Gasteiger partial charge in [0, 0.05) is 19.8 Å². The fourth-order valence-electron chi connectivity index (χ4n) is 1.30. The maximum atomic E-state index is 5.79. The van der Waals surface area contributed by atoms with Gasteiger partial charge in [-0.3, -0.25) is 0 Å². The molecule has 0 heterocycles. The van der Waals surface area contributed by atoms with Crippen LogP contribution in [0.25, 0.3) is 0 Å². The Morgan fingerprint density at radius 3 is 1.75 bits per heavy atom. The minimum Gasteiger partial charge on any atom is -0.351 e. The Hall–Kier alpha value is -0.203. The Balaban J connectivity index is 4.57. The van der Waals surface area contributed by atoms with Crippen LogP contribution in [0.4, 0.5) is 0 Å². The zero-order valence-corrected chi connectivity index (χ0v) is 12.0. The van der Waals surface area contributed by atoms with Crippen molar-refractivity contribution >= 4 is 9.05 Å². The third kappa shape index (κ3) is 5.76. The highest BCUT2D eigenvalue weighted by Crippen LogP contribution is 2.15. The van der Waals surface area contributed by atoms with Crippen LogP contribution in [-0.2, 0) is 17.7 Å². The summed E-state index contributed by atoms with van der Waals surface area (Å²) in [6, 6.07) is 0. The molecule has 0 amide bonds. The second kappa shape index (κ2) is 8.89. The van der Waals surface area contributed by atoms with Gasteiger partial charge in [-0.1, -0.05) is 12.2 Å². The van der Waals surface area contributed by atoms with Gasteiger partial charge in [0.25, 0.3) is 0 Å². The molecule has 0 saturated heterocycles. The molecule has 4 nitrogen and oxygen atoms in total. The van der Waals surface area contributed by atoms with Crippen LogP contribution in [-0.4, -0.2) is 35.0 Å². The highest BCUT2D eigenvalue weighted by molar-refractivity contribution is 6.53. The lowest BCUT2D eigenvalue weighted by Crippen LogP contribution is -2.51. The maximum Gasteiger partial charge on any atom is 0.680 e. The smallest absolute Gasteiger partial charge is 0.351 e. The number of hydrogen-bond acceptors (Lipinski definition) is 4. The third-order valence-corrected chi connectivity index (χ3v) is 4.34. The van der Waals surface area contributed by atoms with Crippen molar-refractivity contribution < 1.29 is 17.7 Å². The maximum absolute atomic E-state index is 5.79. The van der Waals surface area contributed by atoms with Crippen molar-refractivity contribution in [3.05, 3.63) is 12.2 Å². The normalized spacial score (nSPS) is 14.6. The molecule has 0 fully saturated rings. The van der Waals surface area contributed by atoms with Crippen molar-refractivity contribution in [3.63, 3.8) is 0 Å². The van der Waals surface area contributed by atoms with Crippen molar-refractivity contribution in [2.75, 3.05) is 19.8 Å². The summed E-state index contributed by atoms with van der Waals surface area (Å²) in [6.45, 7) is 11.2. The highest BCUT2D eigenvalue weighted by Gasteiger charge is 2.45. The predicted molar refractivity (Wildman–Crippen MR) is 66.0 cm³/mol. The number of rotatable bonds is 9. The van der Waals surface area contributed by atoms with Gasteiger partial charge in [0.1, 0.15) is 0 Å². The Bertz CT molecular complexity index is 179. The molecule has 0 aliphatic rings. The lowest BCUT2D eigenvalue weighted by atomic mass is 10.4. The largest absolute Gasteiger partial charge is 0.680 e. The molecule has 16 heavy (non-hydrogen) atoms. The fourth-order valence-corrected chi connectivity index (χ4v) is 3.34. The molecule has 0 rings (SSSR count). The average molecular weight is 248 g/mol. The molecule has 0 aromatic carbocycles. The molecule has 1 atom stereocenters. The first-order valence-corrected chi connectivity index (χ1v) is 7.49. The van der Waals surface area contributed by atoms with Crippen molar-refractivity contribution in [3.8, 4) is 0 Å². The van der Waals surface area contributed by atoms with Gasteiger partial charge in [0.15, 0.2) is 0 Å². The van der Waals surface area contributed by atoms with Gasteiger partial charge in [-0.05, 0) is 34.6 Å². The van der Waals surface area contributed by atoms with Gasteiger partial charge < -0.3 is 17.7 Å². The molecule has 0 radical (unpaired) electrons. The topological polar surface area (TPSA) is 36.9 Å². The summed E-state index contributed by atoms with van der Waals surface area (Å²) in [7, 11) is -2.95. The minimum atomic E-state index is -2.95. The first kappa shape index (κ1) is 15.8. The van der Waals surface area contributed by atoms with Crippen molar-refractivity contribution in [1.82, 2.24) is 0 Å². The van der Waals surface area contributed by atoms with Crippen LogP contribution in [0.1, 0.15) is 34.6 Å². The minimum absolute atomic E-state index is 0.0682. The molecular weight excluding hydrogens is 224 g/mol. The fraction of sp³-hybridized carbons (Fsp3) is 0.818. The van der Waals surface area contributed by atoms with Crippen molar-refractivity contribution in [1.29, 1.82) is 0 Å². The molecule has 0 aromatic heterocycles. The Morgan fingerprint density at radius 1 is 1.00 bits per heavy atom. The second-order valence-electron chi connectivity index (χ2n) is 3.15. The standard InChI is InChI=1S/C11H24O4Si/c1-6-10-11(5)15-16(12-7-2,13-8-3)14-9-4/h6,10-11H,7-9H2,1-5H3. The van der Waals surface area contributed by atoms with E-state index >= 15 is 0 Å². The third-order valence-electron chi connectivity index (χ3n) is 1.76. The van der Waals surface area contributed by atoms with E-state index in [1.807, 2.05) is 46.8 Å². The van der Waals surface area contributed by atoms with Gasteiger partial charge in [-0.15, -0.1) is 0 Å². The summed E-state index contributed by atoms with van der Waals surface area (Å²) >= 11 is 0. The predicted octanol–water partition coefficient (Wildman–Crippen LogP) is 2.51. The van der Waals surface area contributed by atoms with Crippen LogP contribution in [0, 0.1) is 0 Å². The Kier molecular flexibility index (Phi) is 8.78. The molecule has 0 spiro atoms. The van der Waals surface area contributed by atoms with Gasteiger partial charge in [0.2, 0.25) is 0 Å². The summed E-state index contributed by atoms with van der Waals surface area (Å²) in [5.41, 5.74) is 0. The molecule has 0 aliphatic heterocycles. The summed E-state index contributed by atoms with van der Waals surface area (Å²) in [6.07, 6.45) is 3.81.